The van der Waals surface area contributed by atoms with Gasteiger partial charge in [-0.3, -0.25) is 0 Å². The molecule has 112 valence electrons. The molecule has 1 fully saturated rings. The van der Waals surface area contributed by atoms with Gasteiger partial charge in [-0.15, -0.1) is 0 Å². The summed E-state index contributed by atoms with van der Waals surface area (Å²) in [4.78, 5) is 0. The lowest BCUT2D eigenvalue weighted by molar-refractivity contribution is 0.0585. The van der Waals surface area contributed by atoms with E-state index >= 15 is 0 Å². The van der Waals surface area contributed by atoms with Crippen LogP contribution in [0.5, 0.6) is 0 Å². The second-order valence-electron chi connectivity index (χ2n) is 5.80. The van der Waals surface area contributed by atoms with Gasteiger partial charge < -0.3 is 10.1 Å². The molecule has 0 saturated carbocycles. The number of rotatable bonds is 7. The van der Waals surface area contributed by atoms with E-state index in [0.29, 0.717) is 5.92 Å². The second-order valence-corrected chi connectivity index (χ2v) is 5.80. The minimum atomic E-state index is -0.151. The molecule has 0 spiro atoms. The molecule has 0 aliphatic carbocycles. The number of benzene rings is 1. The SMILES string of the molecule is CCNCC(Cc1ccc(F)cc1)CC1CCOCC1. The fourth-order valence-corrected chi connectivity index (χ4v) is 2.99. The van der Waals surface area contributed by atoms with Gasteiger partial charge in [0.25, 0.3) is 0 Å². The largest absolute Gasteiger partial charge is 0.381 e. The molecule has 1 saturated heterocycles. The van der Waals surface area contributed by atoms with E-state index in [9.17, 15) is 4.39 Å². The minimum Gasteiger partial charge on any atom is -0.381 e. The normalized spacial score (nSPS) is 18.1. The highest BCUT2D eigenvalue weighted by Crippen LogP contribution is 2.25. The molecule has 20 heavy (non-hydrogen) atoms. The van der Waals surface area contributed by atoms with Crippen LogP contribution in [-0.4, -0.2) is 26.3 Å². The smallest absolute Gasteiger partial charge is 0.123 e. The molecule has 3 heteroatoms. The summed E-state index contributed by atoms with van der Waals surface area (Å²) in [7, 11) is 0. The Bertz CT molecular complexity index is 373. The fraction of sp³-hybridized carbons (Fsp3) is 0.647. The highest BCUT2D eigenvalue weighted by atomic mass is 19.1. The molecule has 1 unspecified atom stereocenters. The summed E-state index contributed by atoms with van der Waals surface area (Å²) < 4.78 is 18.4. The number of nitrogens with one attached hydrogen (secondary N) is 1. The van der Waals surface area contributed by atoms with Crippen molar-refractivity contribution >= 4 is 0 Å². The molecule has 2 rings (SSSR count). The minimum absolute atomic E-state index is 0.151. The lowest BCUT2D eigenvalue weighted by atomic mass is 9.85. The van der Waals surface area contributed by atoms with Crippen molar-refractivity contribution < 1.29 is 9.13 Å². The van der Waals surface area contributed by atoms with Gasteiger partial charge in [0.05, 0.1) is 0 Å². The van der Waals surface area contributed by atoms with Crippen molar-refractivity contribution in [2.75, 3.05) is 26.3 Å². The topological polar surface area (TPSA) is 21.3 Å². The third kappa shape index (κ3) is 5.22. The summed E-state index contributed by atoms with van der Waals surface area (Å²) in [6.45, 7) is 6.02. The van der Waals surface area contributed by atoms with Crippen LogP contribution in [0, 0.1) is 17.7 Å². The molecule has 1 N–H and O–H groups in total. The lowest BCUT2D eigenvalue weighted by Gasteiger charge is -2.27. The Morgan fingerprint density at radius 1 is 1.25 bits per heavy atom. The summed E-state index contributed by atoms with van der Waals surface area (Å²) in [6.07, 6.45) is 4.65. The number of ether oxygens (including phenoxy) is 1. The zero-order chi connectivity index (χ0) is 14.2. The average Bonchev–Trinajstić information content (AvgIpc) is 2.48. The Hall–Kier alpha value is -0.930. The van der Waals surface area contributed by atoms with Crippen molar-refractivity contribution in [1.29, 1.82) is 0 Å². The van der Waals surface area contributed by atoms with Crippen LogP contribution in [-0.2, 0) is 11.2 Å². The maximum absolute atomic E-state index is 13.0. The monoisotopic (exact) mass is 279 g/mol. The molecule has 1 heterocycles. The molecule has 1 aliphatic heterocycles. The van der Waals surface area contributed by atoms with Crippen LogP contribution in [0.2, 0.25) is 0 Å². The van der Waals surface area contributed by atoms with Crippen LogP contribution in [0.15, 0.2) is 24.3 Å². The van der Waals surface area contributed by atoms with E-state index in [1.54, 1.807) is 12.1 Å². The van der Waals surface area contributed by atoms with E-state index < -0.39 is 0 Å². The number of hydrogen-bond donors (Lipinski definition) is 1. The van der Waals surface area contributed by atoms with Gasteiger partial charge in [0.15, 0.2) is 0 Å². The van der Waals surface area contributed by atoms with E-state index in [1.807, 2.05) is 12.1 Å². The van der Waals surface area contributed by atoms with Crippen molar-refractivity contribution in [3.63, 3.8) is 0 Å². The highest BCUT2D eigenvalue weighted by Gasteiger charge is 2.19. The first-order valence-corrected chi connectivity index (χ1v) is 7.80. The second kappa shape index (κ2) is 8.38. The Labute approximate surface area is 121 Å². The van der Waals surface area contributed by atoms with Gasteiger partial charge in [-0.1, -0.05) is 19.1 Å². The van der Waals surface area contributed by atoms with Crippen LogP contribution in [0.4, 0.5) is 4.39 Å². The predicted molar refractivity (Wildman–Crippen MR) is 80.3 cm³/mol. The fourth-order valence-electron chi connectivity index (χ4n) is 2.99. The summed E-state index contributed by atoms with van der Waals surface area (Å²) in [5.41, 5.74) is 1.24. The highest BCUT2D eigenvalue weighted by molar-refractivity contribution is 5.16. The Morgan fingerprint density at radius 3 is 2.60 bits per heavy atom. The van der Waals surface area contributed by atoms with Gasteiger partial charge in [-0.05, 0) is 68.3 Å². The van der Waals surface area contributed by atoms with Crippen LogP contribution in [0.3, 0.4) is 0 Å². The molecule has 1 aromatic rings. The van der Waals surface area contributed by atoms with E-state index in [-0.39, 0.29) is 5.82 Å². The van der Waals surface area contributed by atoms with Crippen LogP contribution in [0.1, 0.15) is 31.7 Å². The average molecular weight is 279 g/mol. The third-order valence-corrected chi connectivity index (χ3v) is 4.13. The molecular weight excluding hydrogens is 253 g/mol. The van der Waals surface area contributed by atoms with E-state index in [4.69, 9.17) is 4.74 Å². The van der Waals surface area contributed by atoms with E-state index in [1.165, 1.54) is 24.8 Å². The first kappa shape index (κ1) is 15.5. The van der Waals surface area contributed by atoms with Gasteiger partial charge >= 0.3 is 0 Å². The molecule has 1 aromatic carbocycles. The van der Waals surface area contributed by atoms with E-state index in [2.05, 4.69) is 12.2 Å². The number of hydrogen-bond acceptors (Lipinski definition) is 2. The summed E-state index contributed by atoms with van der Waals surface area (Å²) >= 11 is 0. The Kier molecular flexibility index (Phi) is 6.48. The lowest BCUT2D eigenvalue weighted by Crippen LogP contribution is -2.27. The van der Waals surface area contributed by atoms with Gasteiger partial charge in [0, 0.05) is 13.2 Å². The van der Waals surface area contributed by atoms with Gasteiger partial charge in [0.2, 0.25) is 0 Å². The maximum Gasteiger partial charge on any atom is 0.123 e. The molecule has 1 atom stereocenters. The molecule has 0 radical (unpaired) electrons. The standard InChI is InChI=1S/C17H26FNO/c1-2-19-13-16(12-15-7-9-20-10-8-15)11-14-3-5-17(18)6-4-14/h3-6,15-16,19H,2,7-13H2,1H3. The van der Waals surface area contributed by atoms with Crippen molar-refractivity contribution in [3.8, 4) is 0 Å². The molecule has 1 aliphatic rings. The van der Waals surface area contributed by atoms with Crippen molar-refractivity contribution in [2.45, 2.75) is 32.6 Å². The van der Waals surface area contributed by atoms with Crippen molar-refractivity contribution in [3.05, 3.63) is 35.6 Å². The Balaban J connectivity index is 1.89. The number of halogens is 1. The van der Waals surface area contributed by atoms with Gasteiger partial charge in [-0.25, -0.2) is 4.39 Å². The molecule has 0 amide bonds. The Morgan fingerprint density at radius 2 is 1.95 bits per heavy atom. The first-order chi connectivity index (χ1) is 9.78. The van der Waals surface area contributed by atoms with Crippen LogP contribution in [0.25, 0.3) is 0 Å². The maximum atomic E-state index is 13.0. The van der Waals surface area contributed by atoms with Crippen molar-refractivity contribution in [2.24, 2.45) is 11.8 Å². The molecular formula is C17H26FNO. The quantitative estimate of drug-likeness (QED) is 0.826. The zero-order valence-electron chi connectivity index (χ0n) is 12.4. The molecule has 0 aromatic heterocycles. The van der Waals surface area contributed by atoms with Crippen LogP contribution >= 0.6 is 0 Å². The molecule has 2 nitrogen and oxygen atoms in total. The van der Waals surface area contributed by atoms with Crippen molar-refractivity contribution in [1.82, 2.24) is 5.32 Å². The van der Waals surface area contributed by atoms with E-state index in [0.717, 1.165) is 38.6 Å². The molecule has 0 bridgehead atoms. The van der Waals surface area contributed by atoms with Crippen LogP contribution < -0.4 is 5.32 Å². The summed E-state index contributed by atoms with van der Waals surface area (Å²) in [6, 6.07) is 6.96. The first-order valence-electron chi connectivity index (χ1n) is 7.80. The summed E-state index contributed by atoms with van der Waals surface area (Å²) in [5.74, 6) is 1.26. The summed E-state index contributed by atoms with van der Waals surface area (Å²) in [5, 5.41) is 3.46. The zero-order valence-corrected chi connectivity index (χ0v) is 12.4. The van der Waals surface area contributed by atoms with Gasteiger partial charge in [0.1, 0.15) is 5.82 Å². The third-order valence-electron chi connectivity index (χ3n) is 4.13. The van der Waals surface area contributed by atoms with Gasteiger partial charge in [-0.2, -0.15) is 0 Å². The predicted octanol–water partition coefficient (Wildman–Crippen LogP) is 3.41.